The molecule has 6 rings (SSSR count). The maximum Gasteiger partial charge on any atom is 0.407 e. The zero-order chi connectivity index (χ0) is 38.5. The molecule has 1 heterocycles. The van der Waals surface area contributed by atoms with Crippen molar-refractivity contribution in [2.75, 3.05) is 20.3 Å². The highest BCUT2D eigenvalue weighted by atomic mass is 32.2. The van der Waals surface area contributed by atoms with Crippen molar-refractivity contribution in [1.29, 1.82) is 0 Å². The number of nitrogens with one attached hydrogen (secondary N) is 1. The lowest BCUT2D eigenvalue weighted by molar-refractivity contribution is -0.120. The molecule has 0 aliphatic heterocycles. The summed E-state index contributed by atoms with van der Waals surface area (Å²) in [6.07, 6.45) is -1.91. The molecular weight excluding hydrogens is 740 g/mol. The molecule has 0 unspecified atom stereocenters. The number of alkyl carbamates (subject to hydrolysis) is 1. The molecular formula is C40H40F3N3O6S2. The van der Waals surface area contributed by atoms with Crippen LogP contribution in [-0.4, -0.2) is 73.0 Å². The fraction of sp³-hybridized carbons (Fsp3) is 0.325. The molecule has 1 aliphatic rings. The first-order valence-electron chi connectivity index (χ1n) is 17.5. The number of nitrogens with zero attached hydrogens (tertiary/aromatic N) is 2. The monoisotopic (exact) mass is 779 g/mol. The minimum absolute atomic E-state index is 0.0367. The van der Waals surface area contributed by atoms with Gasteiger partial charge in [0, 0.05) is 37.8 Å². The maximum atomic E-state index is 14.8. The third-order valence-corrected chi connectivity index (χ3v) is 12.6. The van der Waals surface area contributed by atoms with Crippen LogP contribution < -0.4 is 5.32 Å². The average molecular weight is 780 g/mol. The number of halogens is 3. The summed E-state index contributed by atoms with van der Waals surface area (Å²) in [5.41, 5.74) is 4.55. The van der Waals surface area contributed by atoms with Crippen LogP contribution in [-0.2, 0) is 32.4 Å². The van der Waals surface area contributed by atoms with Crippen LogP contribution >= 0.6 is 11.3 Å². The summed E-state index contributed by atoms with van der Waals surface area (Å²) in [7, 11) is -3.09. The Kier molecular flexibility index (Phi) is 12.2. The molecule has 1 aliphatic carbocycles. The van der Waals surface area contributed by atoms with E-state index in [0.29, 0.717) is 21.3 Å². The molecule has 0 radical (unpaired) electrons. The van der Waals surface area contributed by atoms with Gasteiger partial charge in [-0.25, -0.2) is 31.4 Å². The van der Waals surface area contributed by atoms with E-state index in [9.17, 15) is 36.3 Å². The number of fused-ring (bicyclic) bond motifs is 1. The molecule has 54 heavy (non-hydrogen) atoms. The second kappa shape index (κ2) is 16.8. The molecule has 0 bridgehead atoms. The average Bonchev–Trinajstić information content (AvgIpc) is 3.63. The van der Waals surface area contributed by atoms with Gasteiger partial charge in [-0.05, 0) is 71.3 Å². The Morgan fingerprint density at radius 3 is 2.26 bits per heavy atom. The Bertz CT molecular complexity index is 2140. The first kappa shape index (κ1) is 39.1. The predicted molar refractivity (Wildman–Crippen MR) is 200 cm³/mol. The lowest BCUT2D eigenvalue weighted by Crippen LogP contribution is -2.49. The second-order valence-electron chi connectivity index (χ2n) is 13.5. The van der Waals surface area contributed by atoms with Crippen molar-refractivity contribution in [1.82, 2.24) is 14.6 Å². The number of amides is 1. The molecule has 1 fully saturated rings. The number of methoxy groups -OCH3 is 1. The van der Waals surface area contributed by atoms with Gasteiger partial charge in [0.25, 0.3) is 0 Å². The number of ketones is 1. The number of ether oxygens (including phenoxy) is 1. The molecule has 1 amide bonds. The quantitative estimate of drug-likeness (QED) is 0.109. The molecule has 5 aromatic rings. The van der Waals surface area contributed by atoms with Crippen LogP contribution in [0.2, 0.25) is 0 Å². The minimum atomic E-state index is -4.28. The van der Waals surface area contributed by atoms with Gasteiger partial charge in [0.05, 0.1) is 34.3 Å². The van der Waals surface area contributed by atoms with Crippen LogP contribution in [0.1, 0.15) is 47.4 Å². The Morgan fingerprint density at radius 1 is 0.981 bits per heavy atom. The number of aryl methyl sites for hydroxylation is 1. The number of aliphatic hydroxyl groups excluding tert-OH is 1. The summed E-state index contributed by atoms with van der Waals surface area (Å²) in [6.45, 7) is -0.832. The Balaban J connectivity index is 1.28. The number of carbonyl (C=O) groups is 2. The van der Waals surface area contributed by atoms with E-state index in [0.717, 1.165) is 15.4 Å². The zero-order valence-electron chi connectivity index (χ0n) is 29.4. The van der Waals surface area contributed by atoms with E-state index in [1.54, 1.807) is 11.6 Å². The van der Waals surface area contributed by atoms with Crippen molar-refractivity contribution in [3.63, 3.8) is 0 Å². The normalized spacial score (nSPS) is 15.5. The fourth-order valence-corrected chi connectivity index (χ4v) is 9.67. The van der Waals surface area contributed by atoms with Gasteiger partial charge in [0.1, 0.15) is 11.9 Å². The summed E-state index contributed by atoms with van der Waals surface area (Å²) in [5.74, 6) is -5.16. The number of rotatable bonds is 16. The van der Waals surface area contributed by atoms with Crippen molar-refractivity contribution < 1.29 is 41.0 Å². The molecule has 2 N–H and O–H groups in total. The van der Waals surface area contributed by atoms with Crippen molar-refractivity contribution in [2.24, 2.45) is 5.92 Å². The first-order valence-corrected chi connectivity index (χ1v) is 19.8. The van der Waals surface area contributed by atoms with E-state index < -0.39 is 77.0 Å². The van der Waals surface area contributed by atoms with Crippen LogP contribution in [0.3, 0.4) is 0 Å². The summed E-state index contributed by atoms with van der Waals surface area (Å²) < 4.78 is 77.6. The molecule has 284 valence electrons. The van der Waals surface area contributed by atoms with Gasteiger partial charge in [0.15, 0.2) is 5.78 Å². The number of aromatic nitrogens is 1. The van der Waals surface area contributed by atoms with Crippen molar-refractivity contribution in [3.8, 4) is 0 Å². The highest BCUT2D eigenvalue weighted by Gasteiger charge is 2.47. The van der Waals surface area contributed by atoms with Gasteiger partial charge >= 0.3 is 6.09 Å². The predicted octanol–water partition coefficient (Wildman–Crippen LogP) is 7.13. The van der Waals surface area contributed by atoms with E-state index in [-0.39, 0.29) is 30.7 Å². The lowest BCUT2D eigenvalue weighted by Gasteiger charge is -2.40. The highest BCUT2D eigenvalue weighted by Crippen LogP contribution is 2.43. The molecule has 9 nitrogen and oxygen atoms in total. The lowest BCUT2D eigenvalue weighted by atomic mass is 9.81. The number of hydrogen-bond donors (Lipinski definition) is 2. The van der Waals surface area contributed by atoms with Crippen LogP contribution in [0.4, 0.5) is 18.0 Å². The molecule has 1 aromatic heterocycles. The van der Waals surface area contributed by atoms with E-state index in [4.69, 9.17) is 4.74 Å². The van der Waals surface area contributed by atoms with Gasteiger partial charge in [-0.1, -0.05) is 66.7 Å². The Morgan fingerprint density at radius 2 is 1.65 bits per heavy atom. The number of carbonyl (C=O) groups excluding carboxylic acids is 2. The number of hydrogen-bond acceptors (Lipinski definition) is 8. The van der Waals surface area contributed by atoms with E-state index in [1.165, 1.54) is 48.8 Å². The fourth-order valence-electron chi connectivity index (χ4n) is 7.13. The van der Waals surface area contributed by atoms with Crippen LogP contribution in [0.5, 0.6) is 0 Å². The van der Waals surface area contributed by atoms with Crippen molar-refractivity contribution >= 4 is 43.5 Å². The van der Waals surface area contributed by atoms with Gasteiger partial charge in [0.2, 0.25) is 15.9 Å². The summed E-state index contributed by atoms with van der Waals surface area (Å²) >= 11 is 1.26. The molecule has 2 atom stereocenters. The number of aliphatic hydroxyl groups is 1. The molecule has 0 saturated heterocycles. The standard InChI is InChI=1S/C40H40F3N3O6S2/c1-52-39(49)45-38(37(28-8-4-2-5-9-28)29-10-6-3-7-11-29)35(48)19-30-18-31(41)14-12-27(30)13-15-32(24-47)46(23-26-21-40(42,43)22-26)54(50,51)33-16-17-34-36(20-33)53-25-44-34/h2-12,14,16-18,20,25-26,32,37-38,47H,13,15,19,21-24H2,1H3,(H,45,49)/t32-,38+/m0/s1. The zero-order valence-corrected chi connectivity index (χ0v) is 31.0. The van der Waals surface area contributed by atoms with Crippen LogP contribution in [0.15, 0.2) is 107 Å². The smallest absolute Gasteiger partial charge is 0.407 e. The van der Waals surface area contributed by atoms with Crippen LogP contribution in [0.25, 0.3) is 10.2 Å². The summed E-state index contributed by atoms with van der Waals surface area (Å²) in [6, 6.07) is 24.6. The van der Waals surface area contributed by atoms with E-state index >= 15 is 0 Å². The highest BCUT2D eigenvalue weighted by molar-refractivity contribution is 7.89. The third kappa shape index (κ3) is 9.00. The molecule has 14 heteroatoms. The maximum absolute atomic E-state index is 14.8. The number of alkyl halides is 2. The number of sulfonamides is 1. The number of thiazole rings is 1. The summed E-state index contributed by atoms with van der Waals surface area (Å²) in [4.78, 5) is 31.1. The SMILES string of the molecule is COC(=O)N[C@H](C(=O)Cc1cc(F)ccc1CC[C@@H](CO)N(CC1CC(F)(F)C1)S(=O)(=O)c1ccc2ncsc2c1)C(c1ccccc1)c1ccccc1. The molecule has 1 saturated carbocycles. The second-order valence-corrected chi connectivity index (χ2v) is 16.3. The minimum Gasteiger partial charge on any atom is -0.453 e. The molecule has 0 spiro atoms. The number of benzene rings is 4. The van der Waals surface area contributed by atoms with Gasteiger partial charge in [-0.15, -0.1) is 11.3 Å². The van der Waals surface area contributed by atoms with Crippen LogP contribution in [0, 0.1) is 11.7 Å². The van der Waals surface area contributed by atoms with Gasteiger partial charge in [-0.2, -0.15) is 4.31 Å². The topological polar surface area (TPSA) is 126 Å². The number of Topliss-reactive ketones (excluding diaryl/α,β-unsaturated/α-hetero) is 1. The largest absolute Gasteiger partial charge is 0.453 e. The molecule has 4 aromatic carbocycles. The van der Waals surface area contributed by atoms with Gasteiger partial charge in [-0.3, -0.25) is 4.79 Å². The van der Waals surface area contributed by atoms with Crippen molar-refractivity contribution in [2.45, 2.75) is 60.9 Å². The third-order valence-electron chi connectivity index (χ3n) is 9.88. The summed E-state index contributed by atoms with van der Waals surface area (Å²) in [5, 5.41) is 13.3. The van der Waals surface area contributed by atoms with Gasteiger partial charge < -0.3 is 15.2 Å². The van der Waals surface area contributed by atoms with Crippen molar-refractivity contribution in [3.05, 3.63) is 131 Å². The Hall–Kier alpha value is -4.63. The van der Waals surface area contributed by atoms with E-state index in [2.05, 4.69) is 10.3 Å². The first-order chi connectivity index (χ1) is 25.9. The van der Waals surface area contributed by atoms with E-state index in [1.807, 2.05) is 60.7 Å². The Labute approximate surface area is 315 Å².